The van der Waals surface area contributed by atoms with E-state index in [-0.39, 0.29) is 17.0 Å². The Hall–Kier alpha value is -2.89. The Morgan fingerprint density at radius 3 is 2.60 bits per heavy atom. The summed E-state index contributed by atoms with van der Waals surface area (Å²) < 4.78 is 1.22. The van der Waals surface area contributed by atoms with Gasteiger partial charge in [0.25, 0.3) is 5.56 Å². The molecule has 1 aromatic carbocycles. The summed E-state index contributed by atoms with van der Waals surface area (Å²) in [5.41, 5.74) is 0.663. The summed E-state index contributed by atoms with van der Waals surface area (Å²) in [4.78, 5) is 33.8. The van der Waals surface area contributed by atoms with Crippen LogP contribution in [-0.2, 0) is 4.79 Å². The highest BCUT2D eigenvalue weighted by atomic mass is 16.4. The molecule has 0 spiro atoms. The van der Waals surface area contributed by atoms with Crippen molar-refractivity contribution in [3.63, 3.8) is 0 Å². The van der Waals surface area contributed by atoms with Crippen LogP contribution in [0.2, 0.25) is 0 Å². The third kappa shape index (κ3) is 2.92. The molecule has 0 saturated heterocycles. The largest absolute Gasteiger partial charge is 0.478 e. The fraction of sp³-hybridized carbons (Fsp3) is 0.0714. The van der Waals surface area contributed by atoms with Crippen LogP contribution in [-0.4, -0.2) is 21.6 Å². The zero-order valence-corrected chi connectivity index (χ0v) is 10.7. The van der Waals surface area contributed by atoms with Crippen LogP contribution in [0.1, 0.15) is 17.3 Å². The number of carboxylic acids is 1. The lowest BCUT2D eigenvalue weighted by Gasteiger charge is -2.09. The van der Waals surface area contributed by atoms with E-state index in [2.05, 4.69) is 5.32 Å². The number of rotatable bonds is 3. The molecule has 0 bridgehead atoms. The van der Waals surface area contributed by atoms with E-state index in [0.29, 0.717) is 11.4 Å². The molecule has 20 heavy (non-hydrogen) atoms. The topological polar surface area (TPSA) is 88.4 Å². The number of nitrogens with zero attached hydrogens (tertiary/aromatic N) is 1. The Morgan fingerprint density at radius 2 is 1.95 bits per heavy atom. The summed E-state index contributed by atoms with van der Waals surface area (Å²) in [6.45, 7) is 1.38. The lowest BCUT2D eigenvalue weighted by atomic mass is 10.2. The average Bonchev–Trinajstić information content (AvgIpc) is 2.38. The van der Waals surface area contributed by atoms with E-state index in [1.54, 1.807) is 24.3 Å². The number of hydrogen-bond donors (Lipinski definition) is 2. The first-order valence-electron chi connectivity index (χ1n) is 5.81. The molecule has 0 radical (unpaired) electrons. The molecule has 0 unspecified atom stereocenters. The minimum Gasteiger partial charge on any atom is -0.478 e. The van der Waals surface area contributed by atoms with Gasteiger partial charge in [-0.15, -0.1) is 0 Å². The Bertz CT molecular complexity index is 734. The van der Waals surface area contributed by atoms with Crippen molar-refractivity contribution in [2.75, 3.05) is 5.32 Å². The van der Waals surface area contributed by atoms with Gasteiger partial charge in [-0.25, -0.2) is 4.79 Å². The number of pyridine rings is 1. The maximum absolute atomic E-state index is 11.8. The van der Waals surface area contributed by atoms with Crippen LogP contribution in [0.25, 0.3) is 5.69 Å². The highest BCUT2D eigenvalue weighted by Gasteiger charge is 2.07. The van der Waals surface area contributed by atoms with E-state index in [4.69, 9.17) is 5.11 Å². The first-order valence-corrected chi connectivity index (χ1v) is 5.81. The van der Waals surface area contributed by atoms with Crippen molar-refractivity contribution in [3.05, 3.63) is 58.5 Å². The predicted octanol–water partition coefficient (Wildman–Crippen LogP) is 1.49. The minimum atomic E-state index is -1.11. The number of aromatic carboxylic acids is 1. The van der Waals surface area contributed by atoms with Crippen LogP contribution in [0.3, 0.4) is 0 Å². The first-order chi connectivity index (χ1) is 9.47. The van der Waals surface area contributed by atoms with E-state index in [0.717, 1.165) is 0 Å². The molecule has 2 N–H and O–H groups in total. The first kappa shape index (κ1) is 13.5. The second kappa shape index (κ2) is 5.40. The number of carbonyl (C=O) groups excluding carboxylic acids is 1. The maximum atomic E-state index is 11.8. The van der Waals surface area contributed by atoms with Gasteiger partial charge in [-0.3, -0.25) is 14.2 Å². The van der Waals surface area contributed by atoms with Gasteiger partial charge in [-0.2, -0.15) is 0 Å². The fourth-order valence-electron chi connectivity index (χ4n) is 1.75. The quantitative estimate of drug-likeness (QED) is 0.886. The number of anilines is 1. The predicted molar refractivity (Wildman–Crippen MR) is 73.3 cm³/mol. The molecule has 102 valence electrons. The number of hydrogen-bond acceptors (Lipinski definition) is 3. The van der Waals surface area contributed by atoms with Crippen LogP contribution < -0.4 is 10.9 Å². The summed E-state index contributed by atoms with van der Waals surface area (Å²) >= 11 is 0. The molecule has 6 heteroatoms. The standard InChI is InChI=1S/C14H12N2O4/c1-9(17)15-11-3-2-4-12(7-11)16-8-10(14(19)20)5-6-13(16)18/h2-8H,1H3,(H,15,17)(H,19,20). The molecule has 1 aromatic heterocycles. The summed E-state index contributed by atoms with van der Waals surface area (Å²) in [5.74, 6) is -1.34. The fourth-order valence-corrected chi connectivity index (χ4v) is 1.75. The molecule has 2 aromatic rings. The molecule has 0 aliphatic heterocycles. The third-order valence-corrected chi connectivity index (χ3v) is 2.60. The monoisotopic (exact) mass is 272 g/mol. The number of amides is 1. The highest BCUT2D eigenvalue weighted by Crippen LogP contribution is 2.14. The molecule has 0 saturated carbocycles. The molecule has 0 aliphatic carbocycles. The Kier molecular flexibility index (Phi) is 3.65. The lowest BCUT2D eigenvalue weighted by molar-refractivity contribution is -0.114. The summed E-state index contributed by atoms with van der Waals surface area (Å²) in [6.07, 6.45) is 1.25. The Balaban J connectivity index is 2.50. The van der Waals surface area contributed by atoms with Gasteiger partial charge in [-0.1, -0.05) is 6.07 Å². The smallest absolute Gasteiger partial charge is 0.337 e. The zero-order valence-electron chi connectivity index (χ0n) is 10.7. The van der Waals surface area contributed by atoms with Crippen molar-refractivity contribution in [2.24, 2.45) is 0 Å². The van der Waals surface area contributed by atoms with Gasteiger partial charge < -0.3 is 10.4 Å². The molecular formula is C14H12N2O4. The van der Waals surface area contributed by atoms with Gasteiger partial charge in [0, 0.05) is 24.9 Å². The van der Waals surface area contributed by atoms with Crippen molar-refractivity contribution in [3.8, 4) is 5.69 Å². The van der Waals surface area contributed by atoms with Gasteiger partial charge in [0.05, 0.1) is 11.3 Å². The van der Waals surface area contributed by atoms with E-state index >= 15 is 0 Å². The van der Waals surface area contributed by atoms with E-state index in [1.807, 2.05) is 0 Å². The van der Waals surface area contributed by atoms with Crippen LogP contribution in [0.4, 0.5) is 5.69 Å². The van der Waals surface area contributed by atoms with Gasteiger partial charge >= 0.3 is 5.97 Å². The van der Waals surface area contributed by atoms with Gasteiger partial charge in [0.15, 0.2) is 0 Å². The summed E-state index contributed by atoms with van der Waals surface area (Å²) in [7, 11) is 0. The molecule has 0 atom stereocenters. The second-order valence-corrected chi connectivity index (χ2v) is 4.16. The summed E-state index contributed by atoms with van der Waals surface area (Å²) in [5, 5.41) is 11.5. The second-order valence-electron chi connectivity index (χ2n) is 4.16. The molecule has 0 fully saturated rings. The van der Waals surface area contributed by atoms with Crippen LogP contribution in [0, 0.1) is 0 Å². The minimum absolute atomic E-state index is 0.00882. The normalized spacial score (nSPS) is 10.1. The highest BCUT2D eigenvalue weighted by molar-refractivity contribution is 5.89. The Labute approximate surface area is 114 Å². The lowest BCUT2D eigenvalue weighted by Crippen LogP contribution is -2.18. The number of aromatic nitrogens is 1. The number of nitrogens with one attached hydrogen (secondary N) is 1. The van der Waals surface area contributed by atoms with Gasteiger partial charge in [-0.05, 0) is 24.3 Å². The van der Waals surface area contributed by atoms with Crippen LogP contribution in [0.15, 0.2) is 47.4 Å². The van der Waals surface area contributed by atoms with Crippen molar-refractivity contribution in [1.29, 1.82) is 0 Å². The van der Waals surface area contributed by atoms with Crippen molar-refractivity contribution < 1.29 is 14.7 Å². The molecule has 0 aliphatic rings. The summed E-state index contributed by atoms with van der Waals surface area (Å²) in [6, 6.07) is 9.03. The molecule has 6 nitrogen and oxygen atoms in total. The van der Waals surface area contributed by atoms with E-state index in [1.165, 1.54) is 29.8 Å². The maximum Gasteiger partial charge on any atom is 0.337 e. The third-order valence-electron chi connectivity index (χ3n) is 2.60. The Morgan fingerprint density at radius 1 is 1.20 bits per heavy atom. The molecule has 1 amide bonds. The van der Waals surface area contributed by atoms with Crippen molar-refractivity contribution in [2.45, 2.75) is 6.92 Å². The number of benzene rings is 1. The van der Waals surface area contributed by atoms with Crippen LogP contribution >= 0.6 is 0 Å². The van der Waals surface area contributed by atoms with Gasteiger partial charge in [0.2, 0.25) is 5.91 Å². The zero-order chi connectivity index (χ0) is 14.7. The van der Waals surface area contributed by atoms with Crippen LogP contribution in [0.5, 0.6) is 0 Å². The van der Waals surface area contributed by atoms with E-state index in [9.17, 15) is 14.4 Å². The molecular weight excluding hydrogens is 260 g/mol. The SMILES string of the molecule is CC(=O)Nc1cccc(-n2cc(C(=O)O)ccc2=O)c1. The van der Waals surface area contributed by atoms with Crippen molar-refractivity contribution >= 4 is 17.6 Å². The van der Waals surface area contributed by atoms with E-state index < -0.39 is 5.97 Å². The van der Waals surface area contributed by atoms with Crippen molar-refractivity contribution in [1.82, 2.24) is 4.57 Å². The number of carboxylic acid groups (broad SMARTS) is 1. The van der Waals surface area contributed by atoms with Gasteiger partial charge in [0.1, 0.15) is 0 Å². The molecule has 2 rings (SSSR count). The number of carbonyl (C=O) groups is 2. The average molecular weight is 272 g/mol. The molecule has 1 heterocycles.